The molecule has 0 aliphatic heterocycles. The van der Waals surface area contributed by atoms with Crippen LogP contribution < -0.4 is 0 Å². The normalized spacial score (nSPS) is 12.4. The number of ether oxygens (including phenoxy) is 2. The van der Waals surface area contributed by atoms with Crippen molar-refractivity contribution in [2.24, 2.45) is 0 Å². The van der Waals surface area contributed by atoms with E-state index in [0.717, 1.165) is 57.8 Å². The van der Waals surface area contributed by atoms with E-state index in [0.29, 0.717) is 12.8 Å². The third kappa shape index (κ3) is 60.4. The van der Waals surface area contributed by atoms with Crippen molar-refractivity contribution in [1.29, 1.82) is 0 Å². The van der Waals surface area contributed by atoms with E-state index in [4.69, 9.17) is 9.47 Å². The average Bonchev–Trinajstić information content (AvgIpc) is 3.38. The van der Waals surface area contributed by atoms with Gasteiger partial charge in [-0.05, 0) is 51.4 Å². The minimum atomic E-state index is -0.767. The molecule has 0 aliphatic rings. The molecule has 5 heteroatoms. The summed E-state index contributed by atoms with van der Waals surface area (Å²) in [4.78, 5) is 24.5. The molecule has 1 N–H and O–H groups in total. The molecule has 0 saturated carbocycles. The van der Waals surface area contributed by atoms with Crippen molar-refractivity contribution in [3.63, 3.8) is 0 Å². The van der Waals surface area contributed by atoms with Crippen molar-refractivity contribution in [2.45, 2.75) is 354 Å². The van der Waals surface area contributed by atoms with Gasteiger partial charge in [-0.2, -0.15) is 0 Å². The predicted molar refractivity (Wildman–Crippen MR) is 316 cm³/mol. The zero-order chi connectivity index (χ0) is 52.0. The van der Waals surface area contributed by atoms with Crippen LogP contribution in [0.4, 0.5) is 0 Å². The molecule has 0 heterocycles. The van der Waals surface area contributed by atoms with Crippen molar-refractivity contribution in [2.75, 3.05) is 13.2 Å². The Morgan fingerprint density at radius 2 is 0.597 bits per heavy atom. The molecule has 0 spiro atoms. The van der Waals surface area contributed by atoms with E-state index in [1.54, 1.807) is 0 Å². The number of carbonyl (C=O) groups excluding carboxylic acids is 2. The molecule has 0 aliphatic carbocycles. The van der Waals surface area contributed by atoms with Crippen LogP contribution in [0.25, 0.3) is 0 Å². The maximum atomic E-state index is 12.3. The van der Waals surface area contributed by atoms with Gasteiger partial charge >= 0.3 is 11.9 Å². The lowest BCUT2D eigenvalue weighted by atomic mass is 10.0. The smallest absolute Gasteiger partial charge is 0.306 e. The molecular formula is C67H124O5. The lowest BCUT2D eigenvalue weighted by molar-refractivity contribution is -0.161. The Morgan fingerprint density at radius 3 is 0.903 bits per heavy atom. The Morgan fingerprint density at radius 1 is 0.333 bits per heavy atom. The first-order valence-corrected chi connectivity index (χ1v) is 32.2. The number of allylic oxidation sites excluding steroid dienone is 8. The number of rotatable bonds is 60. The second-order valence-corrected chi connectivity index (χ2v) is 21.8. The number of carbonyl (C=O) groups is 2. The summed E-state index contributed by atoms with van der Waals surface area (Å²) in [6.07, 6.45) is 84.2. The van der Waals surface area contributed by atoms with Gasteiger partial charge in [-0.3, -0.25) is 9.59 Å². The second kappa shape index (κ2) is 63.2. The summed E-state index contributed by atoms with van der Waals surface area (Å²) in [5.74, 6) is -0.568. The van der Waals surface area contributed by atoms with Crippen molar-refractivity contribution in [3.8, 4) is 0 Å². The van der Waals surface area contributed by atoms with Gasteiger partial charge in [0.05, 0.1) is 6.61 Å². The molecule has 0 aromatic heterocycles. The van der Waals surface area contributed by atoms with Crippen LogP contribution in [-0.2, 0) is 19.1 Å². The summed E-state index contributed by atoms with van der Waals surface area (Å²) in [5.41, 5.74) is 0. The SMILES string of the molecule is CC/C=C\C/C=C\C/C=C\C/C=C\CCCCCCCCCCCCCCCCCCCCCCCCCCCCCCC(=O)OC(CO)COC(=O)CCCCCCCCCCCCCCCCCCC. The van der Waals surface area contributed by atoms with Crippen LogP contribution in [0, 0.1) is 0 Å². The second-order valence-electron chi connectivity index (χ2n) is 21.8. The standard InChI is InChI=1S/C67H124O5/c1-3-5-7-9-11-13-15-17-19-21-22-23-24-25-26-27-28-29-30-31-32-33-34-35-36-37-38-39-40-41-42-43-44-46-48-50-52-54-56-58-60-62-67(70)72-65(63-68)64-71-66(69)61-59-57-55-53-51-49-47-45-20-18-16-14-12-10-8-6-4-2/h5,7,11,13,17,19,22-23,65,68H,3-4,6,8-10,12,14-16,18,20-21,24-64H2,1-2H3/b7-5-,13-11-,19-17-,23-22-. The van der Waals surface area contributed by atoms with Crippen LogP contribution in [0.3, 0.4) is 0 Å². The van der Waals surface area contributed by atoms with Gasteiger partial charge in [-0.1, -0.05) is 332 Å². The first kappa shape index (κ1) is 69.9. The molecule has 72 heavy (non-hydrogen) atoms. The van der Waals surface area contributed by atoms with Gasteiger partial charge in [-0.25, -0.2) is 0 Å². The van der Waals surface area contributed by atoms with Crippen LogP contribution >= 0.6 is 0 Å². The molecule has 0 fully saturated rings. The van der Waals surface area contributed by atoms with E-state index in [2.05, 4.69) is 62.5 Å². The number of unbranched alkanes of at least 4 members (excludes halogenated alkanes) is 44. The molecule has 0 aromatic rings. The fourth-order valence-corrected chi connectivity index (χ4v) is 9.85. The van der Waals surface area contributed by atoms with E-state index in [1.807, 2.05) is 0 Å². The molecule has 0 aromatic carbocycles. The zero-order valence-electron chi connectivity index (χ0n) is 48.5. The molecule has 0 amide bonds. The summed E-state index contributed by atoms with van der Waals surface area (Å²) in [6, 6.07) is 0. The Labute approximate surface area is 449 Å². The van der Waals surface area contributed by atoms with Gasteiger partial charge in [0.2, 0.25) is 0 Å². The van der Waals surface area contributed by atoms with Gasteiger partial charge in [0.25, 0.3) is 0 Å². The highest BCUT2D eigenvalue weighted by atomic mass is 16.6. The molecule has 1 unspecified atom stereocenters. The fraction of sp³-hybridized carbons (Fsp3) is 0.851. The Hall–Kier alpha value is -2.14. The van der Waals surface area contributed by atoms with E-state index in [1.165, 1.54) is 263 Å². The highest BCUT2D eigenvalue weighted by Gasteiger charge is 2.16. The predicted octanol–water partition coefficient (Wildman–Crippen LogP) is 22.0. The van der Waals surface area contributed by atoms with Crippen LogP contribution in [0.15, 0.2) is 48.6 Å². The molecule has 5 nitrogen and oxygen atoms in total. The summed E-state index contributed by atoms with van der Waals surface area (Å²) in [6.45, 7) is 4.08. The number of esters is 2. The van der Waals surface area contributed by atoms with Crippen LogP contribution in [0.2, 0.25) is 0 Å². The number of aliphatic hydroxyl groups is 1. The highest BCUT2D eigenvalue weighted by molar-refractivity contribution is 5.70. The molecule has 0 bridgehead atoms. The van der Waals surface area contributed by atoms with Gasteiger partial charge in [0.15, 0.2) is 6.10 Å². The molecule has 422 valence electrons. The van der Waals surface area contributed by atoms with Gasteiger partial charge in [0, 0.05) is 12.8 Å². The molecule has 0 saturated heterocycles. The van der Waals surface area contributed by atoms with Crippen LogP contribution in [-0.4, -0.2) is 36.4 Å². The Bertz CT molecular complexity index is 1190. The Kier molecular flexibility index (Phi) is 61.3. The number of hydrogen-bond acceptors (Lipinski definition) is 5. The van der Waals surface area contributed by atoms with Crippen LogP contribution in [0.1, 0.15) is 348 Å². The van der Waals surface area contributed by atoms with E-state index < -0.39 is 6.10 Å². The largest absolute Gasteiger partial charge is 0.462 e. The maximum absolute atomic E-state index is 12.3. The quantitative estimate of drug-likeness (QED) is 0.0373. The van der Waals surface area contributed by atoms with E-state index in [9.17, 15) is 14.7 Å². The third-order valence-corrected chi connectivity index (χ3v) is 14.6. The first-order valence-electron chi connectivity index (χ1n) is 32.2. The van der Waals surface area contributed by atoms with Crippen molar-refractivity contribution >= 4 is 11.9 Å². The van der Waals surface area contributed by atoms with Crippen molar-refractivity contribution in [1.82, 2.24) is 0 Å². The average molecular weight is 1010 g/mol. The van der Waals surface area contributed by atoms with E-state index >= 15 is 0 Å². The first-order chi connectivity index (χ1) is 35.6. The maximum Gasteiger partial charge on any atom is 0.306 e. The van der Waals surface area contributed by atoms with Crippen molar-refractivity contribution in [3.05, 3.63) is 48.6 Å². The molecule has 0 rings (SSSR count). The van der Waals surface area contributed by atoms with Crippen molar-refractivity contribution < 1.29 is 24.2 Å². The highest BCUT2D eigenvalue weighted by Crippen LogP contribution is 2.18. The topological polar surface area (TPSA) is 72.8 Å². The number of aliphatic hydroxyl groups excluding tert-OH is 1. The fourth-order valence-electron chi connectivity index (χ4n) is 9.85. The summed E-state index contributed by atoms with van der Waals surface area (Å²) >= 11 is 0. The van der Waals surface area contributed by atoms with Gasteiger partial charge in [0.1, 0.15) is 6.61 Å². The number of hydrogen-bond donors (Lipinski definition) is 1. The minimum Gasteiger partial charge on any atom is -0.462 e. The molecule has 0 radical (unpaired) electrons. The summed E-state index contributed by atoms with van der Waals surface area (Å²) < 4.78 is 10.7. The lowest BCUT2D eigenvalue weighted by Gasteiger charge is -2.15. The van der Waals surface area contributed by atoms with E-state index in [-0.39, 0.29) is 25.2 Å². The monoisotopic (exact) mass is 1010 g/mol. The van der Waals surface area contributed by atoms with Gasteiger partial charge < -0.3 is 14.6 Å². The molecular weight excluding hydrogens is 885 g/mol. The Balaban J connectivity index is 3.36. The van der Waals surface area contributed by atoms with Crippen LogP contribution in [0.5, 0.6) is 0 Å². The molecule has 1 atom stereocenters. The lowest BCUT2D eigenvalue weighted by Crippen LogP contribution is -2.28. The summed E-state index contributed by atoms with van der Waals surface area (Å²) in [5, 5.41) is 9.66. The zero-order valence-corrected chi connectivity index (χ0v) is 48.5. The van der Waals surface area contributed by atoms with Gasteiger partial charge in [-0.15, -0.1) is 0 Å². The third-order valence-electron chi connectivity index (χ3n) is 14.6. The minimum absolute atomic E-state index is 0.0583. The summed E-state index contributed by atoms with van der Waals surface area (Å²) in [7, 11) is 0.